The summed E-state index contributed by atoms with van der Waals surface area (Å²) in [5, 5.41) is 3.46. The van der Waals surface area contributed by atoms with Crippen molar-refractivity contribution >= 4 is 5.91 Å². The number of carbonyl (C=O) groups excluding carboxylic acids is 1. The molecule has 0 aromatic heterocycles. The zero-order valence-electron chi connectivity index (χ0n) is 8.84. The van der Waals surface area contributed by atoms with E-state index in [0.29, 0.717) is 12.1 Å². The molecular formula is C10H20N2O. The molecule has 0 bridgehead atoms. The van der Waals surface area contributed by atoms with Crippen molar-refractivity contribution in [1.82, 2.24) is 10.2 Å². The maximum atomic E-state index is 11.3. The van der Waals surface area contributed by atoms with E-state index in [0.717, 1.165) is 19.5 Å². The summed E-state index contributed by atoms with van der Waals surface area (Å²) in [6, 6.07) is 0.857. The Bertz CT molecular complexity index is 182. The van der Waals surface area contributed by atoms with Crippen LogP contribution in [0.5, 0.6) is 0 Å². The van der Waals surface area contributed by atoms with E-state index in [1.165, 1.54) is 6.42 Å². The van der Waals surface area contributed by atoms with Gasteiger partial charge in [-0.25, -0.2) is 0 Å². The summed E-state index contributed by atoms with van der Waals surface area (Å²) in [5.41, 5.74) is 0. The summed E-state index contributed by atoms with van der Waals surface area (Å²) in [6.07, 6.45) is 2.34. The maximum absolute atomic E-state index is 11.3. The second-order valence-electron chi connectivity index (χ2n) is 3.91. The highest BCUT2D eigenvalue weighted by atomic mass is 16.2. The molecule has 0 unspecified atom stereocenters. The average Bonchev–Trinajstić information content (AvgIpc) is 2.08. The standard InChI is InChI=1S/C10H20N2O/c1-4-5-10-7-12(9(3)13)8(2)6-11-10/h8,10-11H,4-7H2,1-3H3/t8-,10+/m0/s1. The molecule has 0 radical (unpaired) electrons. The van der Waals surface area contributed by atoms with Crippen molar-refractivity contribution < 1.29 is 4.79 Å². The number of nitrogens with zero attached hydrogens (tertiary/aromatic N) is 1. The van der Waals surface area contributed by atoms with E-state index >= 15 is 0 Å². The van der Waals surface area contributed by atoms with Gasteiger partial charge in [0.05, 0.1) is 0 Å². The van der Waals surface area contributed by atoms with Crippen LogP contribution in [0, 0.1) is 0 Å². The molecule has 13 heavy (non-hydrogen) atoms. The molecule has 3 nitrogen and oxygen atoms in total. The lowest BCUT2D eigenvalue weighted by molar-refractivity contribution is -0.132. The lowest BCUT2D eigenvalue weighted by atomic mass is 10.1. The molecule has 1 amide bonds. The smallest absolute Gasteiger partial charge is 0.219 e. The van der Waals surface area contributed by atoms with Crippen molar-refractivity contribution in [2.24, 2.45) is 0 Å². The van der Waals surface area contributed by atoms with E-state index in [4.69, 9.17) is 0 Å². The molecule has 1 heterocycles. The van der Waals surface area contributed by atoms with Gasteiger partial charge in [-0.15, -0.1) is 0 Å². The fourth-order valence-corrected chi connectivity index (χ4v) is 1.91. The lowest BCUT2D eigenvalue weighted by Crippen LogP contribution is -2.56. The fourth-order valence-electron chi connectivity index (χ4n) is 1.91. The predicted molar refractivity (Wildman–Crippen MR) is 53.5 cm³/mol. The first-order valence-electron chi connectivity index (χ1n) is 5.15. The second kappa shape index (κ2) is 4.61. The summed E-state index contributed by atoms with van der Waals surface area (Å²) >= 11 is 0. The van der Waals surface area contributed by atoms with Crippen molar-refractivity contribution in [3.8, 4) is 0 Å². The number of carbonyl (C=O) groups is 1. The lowest BCUT2D eigenvalue weighted by Gasteiger charge is -2.38. The van der Waals surface area contributed by atoms with Crippen LogP contribution in [-0.2, 0) is 4.79 Å². The molecule has 0 aromatic carbocycles. The zero-order chi connectivity index (χ0) is 9.84. The van der Waals surface area contributed by atoms with Crippen LogP contribution in [0.2, 0.25) is 0 Å². The average molecular weight is 184 g/mol. The van der Waals surface area contributed by atoms with E-state index in [1.807, 2.05) is 4.90 Å². The summed E-state index contributed by atoms with van der Waals surface area (Å²) < 4.78 is 0. The predicted octanol–water partition coefficient (Wildman–Crippen LogP) is 0.995. The minimum atomic E-state index is 0.204. The number of hydrogen-bond donors (Lipinski definition) is 1. The van der Waals surface area contributed by atoms with Crippen LogP contribution in [-0.4, -0.2) is 36.0 Å². The summed E-state index contributed by atoms with van der Waals surface area (Å²) in [4.78, 5) is 13.2. The molecule has 1 aliphatic rings. The Morgan fingerprint density at radius 3 is 2.85 bits per heavy atom. The van der Waals surface area contributed by atoms with Gasteiger partial charge in [-0.2, -0.15) is 0 Å². The Hall–Kier alpha value is -0.570. The van der Waals surface area contributed by atoms with Crippen LogP contribution in [0.3, 0.4) is 0 Å². The van der Waals surface area contributed by atoms with Crippen LogP contribution in [0.1, 0.15) is 33.6 Å². The van der Waals surface area contributed by atoms with Crippen LogP contribution >= 0.6 is 0 Å². The van der Waals surface area contributed by atoms with E-state index in [9.17, 15) is 4.79 Å². The minimum absolute atomic E-state index is 0.204. The van der Waals surface area contributed by atoms with Crippen LogP contribution in [0.15, 0.2) is 0 Å². The van der Waals surface area contributed by atoms with Gasteiger partial charge in [0.2, 0.25) is 5.91 Å². The molecular weight excluding hydrogens is 164 g/mol. The molecule has 0 spiro atoms. The van der Waals surface area contributed by atoms with Crippen LogP contribution in [0.4, 0.5) is 0 Å². The van der Waals surface area contributed by atoms with Crippen molar-refractivity contribution in [2.45, 2.75) is 45.7 Å². The Morgan fingerprint density at radius 1 is 1.62 bits per heavy atom. The van der Waals surface area contributed by atoms with Gasteiger partial charge < -0.3 is 10.2 Å². The quantitative estimate of drug-likeness (QED) is 0.694. The molecule has 1 fully saturated rings. The highest BCUT2D eigenvalue weighted by Gasteiger charge is 2.25. The third-order valence-corrected chi connectivity index (χ3v) is 2.69. The van der Waals surface area contributed by atoms with Gasteiger partial charge in [0.1, 0.15) is 0 Å². The van der Waals surface area contributed by atoms with Gasteiger partial charge in [0.25, 0.3) is 0 Å². The summed E-state index contributed by atoms with van der Waals surface area (Å²) in [7, 11) is 0. The first-order valence-corrected chi connectivity index (χ1v) is 5.15. The topological polar surface area (TPSA) is 32.3 Å². The molecule has 1 rings (SSSR count). The number of piperazine rings is 1. The minimum Gasteiger partial charge on any atom is -0.337 e. The first-order chi connectivity index (χ1) is 6.15. The van der Waals surface area contributed by atoms with Crippen LogP contribution < -0.4 is 5.32 Å². The Morgan fingerprint density at radius 2 is 2.31 bits per heavy atom. The zero-order valence-corrected chi connectivity index (χ0v) is 8.84. The Kier molecular flexibility index (Phi) is 3.72. The van der Waals surface area contributed by atoms with Gasteiger partial charge in [-0.05, 0) is 13.3 Å². The van der Waals surface area contributed by atoms with E-state index in [2.05, 4.69) is 19.2 Å². The third kappa shape index (κ3) is 2.69. The van der Waals surface area contributed by atoms with Crippen molar-refractivity contribution in [3.63, 3.8) is 0 Å². The van der Waals surface area contributed by atoms with E-state index < -0.39 is 0 Å². The van der Waals surface area contributed by atoms with Crippen molar-refractivity contribution in [1.29, 1.82) is 0 Å². The summed E-state index contributed by atoms with van der Waals surface area (Å²) in [6.45, 7) is 7.74. The number of amides is 1. The van der Waals surface area contributed by atoms with E-state index in [1.54, 1.807) is 6.92 Å². The highest BCUT2D eigenvalue weighted by molar-refractivity contribution is 5.73. The van der Waals surface area contributed by atoms with Gasteiger partial charge >= 0.3 is 0 Å². The van der Waals surface area contributed by atoms with E-state index in [-0.39, 0.29) is 5.91 Å². The normalized spacial score (nSPS) is 29.0. The molecule has 1 N–H and O–H groups in total. The fraction of sp³-hybridized carbons (Fsp3) is 0.900. The second-order valence-corrected chi connectivity index (χ2v) is 3.91. The van der Waals surface area contributed by atoms with Gasteiger partial charge in [0.15, 0.2) is 0 Å². The highest BCUT2D eigenvalue weighted by Crippen LogP contribution is 2.10. The molecule has 2 atom stereocenters. The molecule has 0 aliphatic carbocycles. The number of rotatable bonds is 2. The first kappa shape index (κ1) is 10.5. The molecule has 76 valence electrons. The molecule has 3 heteroatoms. The Balaban J connectivity index is 2.47. The summed E-state index contributed by atoms with van der Waals surface area (Å²) in [5.74, 6) is 0.204. The largest absolute Gasteiger partial charge is 0.337 e. The van der Waals surface area contributed by atoms with Crippen molar-refractivity contribution in [3.05, 3.63) is 0 Å². The molecule has 0 saturated carbocycles. The van der Waals surface area contributed by atoms with Crippen LogP contribution in [0.25, 0.3) is 0 Å². The molecule has 0 aromatic rings. The monoisotopic (exact) mass is 184 g/mol. The van der Waals surface area contributed by atoms with Gasteiger partial charge in [-0.3, -0.25) is 4.79 Å². The number of nitrogens with one attached hydrogen (secondary N) is 1. The Labute approximate surface area is 80.5 Å². The van der Waals surface area contributed by atoms with Gasteiger partial charge in [-0.1, -0.05) is 13.3 Å². The molecule has 1 aliphatic heterocycles. The maximum Gasteiger partial charge on any atom is 0.219 e. The SMILES string of the molecule is CCC[C@@H]1CN(C(C)=O)[C@@H](C)CN1. The van der Waals surface area contributed by atoms with Crippen molar-refractivity contribution in [2.75, 3.05) is 13.1 Å². The molecule has 1 saturated heterocycles. The number of hydrogen-bond acceptors (Lipinski definition) is 2. The van der Waals surface area contributed by atoms with Gasteiger partial charge in [0, 0.05) is 32.1 Å². The third-order valence-electron chi connectivity index (χ3n) is 2.69.